The lowest BCUT2D eigenvalue weighted by atomic mass is 10.0. The molecular weight excluding hydrogens is 380 g/mol. The van der Waals surface area contributed by atoms with Gasteiger partial charge in [0.25, 0.3) is 0 Å². The molecule has 1 saturated heterocycles. The van der Waals surface area contributed by atoms with Gasteiger partial charge in [0.1, 0.15) is 11.8 Å². The summed E-state index contributed by atoms with van der Waals surface area (Å²) >= 11 is 0. The Hall–Kier alpha value is -3.35. The zero-order valence-corrected chi connectivity index (χ0v) is 17.5. The van der Waals surface area contributed by atoms with Crippen LogP contribution in [0.3, 0.4) is 0 Å². The molecular formula is C23H26N4O3. The topological polar surface area (TPSA) is 80.5 Å². The van der Waals surface area contributed by atoms with Crippen molar-refractivity contribution in [1.29, 1.82) is 0 Å². The second kappa shape index (κ2) is 8.57. The molecule has 2 heterocycles. The van der Waals surface area contributed by atoms with E-state index in [0.29, 0.717) is 18.3 Å². The zero-order valence-electron chi connectivity index (χ0n) is 17.5. The van der Waals surface area contributed by atoms with E-state index >= 15 is 0 Å². The van der Waals surface area contributed by atoms with Gasteiger partial charge in [0.05, 0.1) is 7.11 Å². The van der Waals surface area contributed by atoms with Crippen LogP contribution in [0.4, 0.5) is 10.5 Å². The number of benzene rings is 2. The van der Waals surface area contributed by atoms with Crippen molar-refractivity contribution in [3.63, 3.8) is 0 Å². The molecule has 156 valence electrons. The number of carbonyl (C=O) groups is 1. The van der Waals surface area contributed by atoms with Crippen molar-refractivity contribution in [3.8, 4) is 17.1 Å². The molecule has 0 radical (unpaired) electrons. The number of aryl methyl sites for hydroxylation is 2. The van der Waals surface area contributed by atoms with Crippen molar-refractivity contribution < 1.29 is 14.1 Å². The molecule has 1 N–H and O–H groups in total. The summed E-state index contributed by atoms with van der Waals surface area (Å²) < 4.78 is 10.9. The van der Waals surface area contributed by atoms with Crippen LogP contribution in [0, 0.1) is 13.8 Å². The molecule has 0 bridgehead atoms. The number of ether oxygens (including phenoxy) is 1. The molecule has 0 unspecified atom stereocenters. The Balaban J connectivity index is 1.57. The summed E-state index contributed by atoms with van der Waals surface area (Å²) in [5.41, 5.74) is 3.74. The summed E-state index contributed by atoms with van der Waals surface area (Å²) in [4.78, 5) is 19.5. The van der Waals surface area contributed by atoms with Crippen LogP contribution < -0.4 is 10.1 Å². The van der Waals surface area contributed by atoms with E-state index < -0.39 is 0 Å². The molecule has 1 atom stereocenters. The van der Waals surface area contributed by atoms with Crippen LogP contribution in [0.25, 0.3) is 11.4 Å². The molecule has 0 aliphatic carbocycles. The van der Waals surface area contributed by atoms with Crippen molar-refractivity contribution in [2.75, 3.05) is 19.0 Å². The van der Waals surface area contributed by atoms with Crippen molar-refractivity contribution in [2.24, 2.45) is 0 Å². The Morgan fingerprint density at radius 1 is 1.17 bits per heavy atom. The highest BCUT2D eigenvalue weighted by molar-refractivity contribution is 5.91. The van der Waals surface area contributed by atoms with E-state index in [-0.39, 0.29) is 12.1 Å². The van der Waals surface area contributed by atoms with Gasteiger partial charge in [0.2, 0.25) is 11.7 Å². The van der Waals surface area contributed by atoms with Gasteiger partial charge in [0.15, 0.2) is 0 Å². The lowest BCUT2D eigenvalue weighted by Crippen LogP contribution is -2.41. The summed E-state index contributed by atoms with van der Waals surface area (Å²) in [6.07, 6.45) is 2.75. The van der Waals surface area contributed by atoms with Crippen LogP contribution in [0.1, 0.15) is 42.3 Å². The number of para-hydroxylation sites is 1. The van der Waals surface area contributed by atoms with E-state index in [1.54, 1.807) is 12.0 Å². The van der Waals surface area contributed by atoms with Gasteiger partial charge in [0, 0.05) is 17.8 Å². The number of anilines is 1. The molecule has 1 aliphatic heterocycles. The van der Waals surface area contributed by atoms with Crippen LogP contribution in [0.2, 0.25) is 0 Å². The summed E-state index contributed by atoms with van der Waals surface area (Å²) in [6, 6.07) is 13.1. The van der Waals surface area contributed by atoms with Crippen LogP contribution in [0.5, 0.6) is 5.75 Å². The van der Waals surface area contributed by atoms with Gasteiger partial charge in [-0.05, 0) is 56.4 Å². The van der Waals surface area contributed by atoms with Gasteiger partial charge in [-0.1, -0.05) is 35.5 Å². The first-order valence-corrected chi connectivity index (χ1v) is 10.2. The second-order valence-electron chi connectivity index (χ2n) is 7.59. The number of aromatic nitrogens is 2. The predicted octanol–water partition coefficient (Wildman–Crippen LogP) is 5.12. The van der Waals surface area contributed by atoms with E-state index in [1.165, 1.54) is 0 Å². The number of likely N-dealkylation sites (tertiary alicyclic amines) is 1. The van der Waals surface area contributed by atoms with Crippen LogP contribution in [-0.2, 0) is 0 Å². The Morgan fingerprint density at radius 2 is 1.93 bits per heavy atom. The zero-order chi connectivity index (χ0) is 21.1. The van der Waals surface area contributed by atoms with E-state index in [4.69, 9.17) is 9.26 Å². The molecule has 4 rings (SSSR count). The standard InChI is InChI=1S/C23H26N4O3/c1-15-8-6-9-16(2)20(15)24-23(28)27-13-5-4-12-19(27)22-25-21(26-30-22)17-10-7-11-18(14-17)29-3/h6-11,14,19H,4-5,12-13H2,1-3H3,(H,24,28)/t19-/m1/s1. The van der Waals surface area contributed by atoms with Gasteiger partial charge >= 0.3 is 6.03 Å². The normalized spacial score (nSPS) is 16.4. The number of urea groups is 1. The third-order valence-corrected chi connectivity index (χ3v) is 5.53. The van der Waals surface area contributed by atoms with Crippen LogP contribution in [0.15, 0.2) is 47.0 Å². The Bertz CT molecular complexity index is 1030. The van der Waals surface area contributed by atoms with Gasteiger partial charge in [-0.15, -0.1) is 0 Å². The molecule has 1 aliphatic rings. The molecule has 7 nitrogen and oxygen atoms in total. The number of amides is 2. The predicted molar refractivity (Wildman–Crippen MR) is 115 cm³/mol. The highest BCUT2D eigenvalue weighted by Gasteiger charge is 2.32. The highest BCUT2D eigenvalue weighted by atomic mass is 16.5. The lowest BCUT2D eigenvalue weighted by molar-refractivity contribution is 0.142. The quantitative estimate of drug-likeness (QED) is 0.650. The van der Waals surface area contributed by atoms with Crippen molar-refractivity contribution in [1.82, 2.24) is 15.0 Å². The minimum Gasteiger partial charge on any atom is -0.497 e. The molecule has 7 heteroatoms. The minimum atomic E-state index is -0.241. The van der Waals surface area contributed by atoms with Crippen molar-refractivity contribution in [2.45, 2.75) is 39.2 Å². The SMILES string of the molecule is COc1cccc(-c2noc([C@H]3CCCCN3C(=O)Nc3c(C)cccc3C)n2)c1. The third kappa shape index (κ3) is 4.01. The van der Waals surface area contributed by atoms with Crippen molar-refractivity contribution >= 4 is 11.7 Å². The average Bonchev–Trinajstić information content (AvgIpc) is 3.26. The molecule has 1 aromatic heterocycles. The van der Waals surface area contributed by atoms with Gasteiger partial charge < -0.3 is 19.5 Å². The van der Waals surface area contributed by atoms with E-state index in [0.717, 1.165) is 47.4 Å². The van der Waals surface area contributed by atoms with Gasteiger partial charge in [-0.25, -0.2) is 4.79 Å². The van der Waals surface area contributed by atoms with Gasteiger partial charge in [-0.2, -0.15) is 4.98 Å². The number of methoxy groups -OCH3 is 1. The third-order valence-electron chi connectivity index (χ3n) is 5.53. The Morgan fingerprint density at radius 3 is 2.70 bits per heavy atom. The molecule has 0 saturated carbocycles. The highest BCUT2D eigenvalue weighted by Crippen LogP contribution is 2.32. The maximum Gasteiger partial charge on any atom is 0.322 e. The molecule has 1 fully saturated rings. The number of carbonyl (C=O) groups excluding carboxylic acids is 1. The minimum absolute atomic E-state index is 0.141. The van der Waals surface area contributed by atoms with Gasteiger partial charge in [-0.3, -0.25) is 0 Å². The molecule has 2 aromatic carbocycles. The fourth-order valence-corrected chi connectivity index (χ4v) is 3.87. The van der Waals surface area contributed by atoms with Crippen molar-refractivity contribution in [3.05, 3.63) is 59.5 Å². The smallest absolute Gasteiger partial charge is 0.322 e. The number of nitrogens with zero attached hydrogens (tertiary/aromatic N) is 3. The number of hydrogen-bond donors (Lipinski definition) is 1. The summed E-state index contributed by atoms with van der Waals surface area (Å²) in [7, 11) is 1.62. The Kier molecular flexibility index (Phi) is 5.70. The maximum absolute atomic E-state index is 13.1. The van der Waals surface area contributed by atoms with E-state index in [2.05, 4.69) is 15.5 Å². The summed E-state index contributed by atoms with van der Waals surface area (Å²) in [5, 5.41) is 7.23. The van der Waals surface area contributed by atoms with Crippen LogP contribution in [-0.4, -0.2) is 34.7 Å². The first kappa shape index (κ1) is 19.9. The summed E-state index contributed by atoms with van der Waals surface area (Å²) in [6.45, 7) is 4.64. The number of nitrogens with one attached hydrogen (secondary N) is 1. The molecule has 2 amide bonds. The largest absolute Gasteiger partial charge is 0.497 e. The lowest BCUT2D eigenvalue weighted by Gasteiger charge is -2.33. The first-order valence-electron chi connectivity index (χ1n) is 10.2. The second-order valence-corrected chi connectivity index (χ2v) is 7.59. The molecule has 0 spiro atoms. The average molecular weight is 406 g/mol. The fourth-order valence-electron chi connectivity index (χ4n) is 3.87. The maximum atomic E-state index is 13.1. The molecule has 30 heavy (non-hydrogen) atoms. The summed E-state index contributed by atoms with van der Waals surface area (Å²) in [5.74, 6) is 1.68. The molecule has 3 aromatic rings. The van der Waals surface area contributed by atoms with E-state index in [9.17, 15) is 4.79 Å². The Labute approximate surface area is 176 Å². The van der Waals surface area contributed by atoms with Crippen LogP contribution >= 0.6 is 0 Å². The number of hydrogen-bond acceptors (Lipinski definition) is 5. The van der Waals surface area contributed by atoms with E-state index in [1.807, 2.05) is 56.3 Å². The fraction of sp³-hybridized carbons (Fsp3) is 0.348. The monoisotopic (exact) mass is 406 g/mol. The number of rotatable bonds is 4. The first-order chi connectivity index (χ1) is 14.6. The number of piperidine rings is 1.